The van der Waals surface area contributed by atoms with Crippen LogP contribution in [0.15, 0.2) is 18.2 Å². The summed E-state index contributed by atoms with van der Waals surface area (Å²) in [5, 5.41) is 13.1. The first-order valence-corrected chi connectivity index (χ1v) is 10.7. The van der Waals surface area contributed by atoms with Gasteiger partial charge in [0.2, 0.25) is 5.91 Å². The Hall–Kier alpha value is -1.83. The van der Waals surface area contributed by atoms with Crippen molar-refractivity contribution in [1.82, 2.24) is 10.2 Å². The summed E-state index contributed by atoms with van der Waals surface area (Å²) in [6, 6.07) is 5.36. The van der Waals surface area contributed by atoms with Crippen LogP contribution in [-0.4, -0.2) is 67.1 Å². The Bertz CT molecular complexity index is 711. The van der Waals surface area contributed by atoms with E-state index in [4.69, 9.17) is 14.2 Å². The van der Waals surface area contributed by atoms with Gasteiger partial charge in [0, 0.05) is 38.3 Å². The SMILES string of the molecule is COc1ccc(O)c(CN2CCC3(CCC(CNC(=O)C4CCCO4)O3)CC2)c1. The number of phenols is 1. The number of hydrogen-bond donors (Lipinski definition) is 2. The van der Waals surface area contributed by atoms with Gasteiger partial charge in [0.1, 0.15) is 17.6 Å². The van der Waals surface area contributed by atoms with E-state index in [0.717, 1.165) is 62.9 Å². The minimum absolute atomic E-state index is 0.0000313. The van der Waals surface area contributed by atoms with Gasteiger partial charge < -0.3 is 24.6 Å². The number of methoxy groups -OCH3 is 1. The van der Waals surface area contributed by atoms with Crippen molar-refractivity contribution in [3.63, 3.8) is 0 Å². The predicted molar refractivity (Wildman–Crippen MR) is 108 cm³/mol. The molecule has 0 bridgehead atoms. The Kier molecular flexibility index (Phi) is 6.27. The van der Waals surface area contributed by atoms with E-state index in [9.17, 15) is 9.90 Å². The van der Waals surface area contributed by atoms with Crippen LogP contribution in [0.25, 0.3) is 0 Å². The number of aromatic hydroxyl groups is 1. The fraction of sp³-hybridized carbons (Fsp3) is 0.682. The summed E-state index contributed by atoms with van der Waals surface area (Å²) in [7, 11) is 1.64. The summed E-state index contributed by atoms with van der Waals surface area (Å²) < 4.78 is 17.1. The second-order valence-corrected chi connectivity index (χ2v) is 8.48. The van der Waals surface area contributed by atoms with Crippen LogP contribution in [0.3, 0.4) is 0 Å². The van der Waals surface area contributed by atoms with E-state index in [-0.39, 0.29) is 23.7 Å². The van der Waals surface area contributed by atoms with E-state index < -0.39 is 0 Å². The van der Waals surface area contributed by atoms with Gasteiger partial charge in [-0.25, -0.2) is 0 Å². The third-order valence-electron chi connectivity index (χ3n) is 6.51. The number of piperidine rings is 1. The Morgan fingerprint density at radius 2 is 2.14 bits per heavy atom. The molecule has 0 radical (unpaired) electrons. The van der Waals surface area contributed by atoms with E-state index in [1.54, 1.807) is 19.2 Å². The minimum Gasteiger partial charge on any atom is -0.508 e. The van der Waals surface area contributed by atoms with Gasteiger partial charge in [-0.3, -0.25) is 9.69 Å². The summed E-state index contributed by atoms with van der Waals surface area (Å²) in [6.07, 6.45) is 5.59. The molecule has 1 spiro atoms. The number of carbonyl (C=O) groups excluding carboxylic acids is 1. The average Bonchev–Trinajstić information content (AvgIpc) is 3.41. The Balaban J connectivity index is 1.23. The number of ether oxygens (including phenoxy) is 3. The second-order valence-electron chi connectivity index (χ2n) is 8.48. The highest BCUT2D eigenvalue weighted by Crippen LogP contribution is 2.39. The third kappa shape index (κ3) is 4.85. The Morgan fingerprint density at radius 1 is 1.31 bits per heavy atom. The van der Waals surface area contributed by atoms with E-state index in [2.05, 4.69) is 10.2 Å². The van der Waals surface area contributed by atoms with Crippen LogP contribution in [0.4, 0.5) is 0 Å². The molecule has 2 N–H and O–H groups in total. The van der Waals surface area contributed by atoms with Gasteiger partial charge >= 0.3 is 0 Å². The molecule has 29 heavy (non-hydrogen) atoms. The highest BCUT2D eigenvalue weighted by atomic mass is 16.5. The summed E-state index contributed by atoms with van der Waals surface area (Å²) >= 11 is 0. The molecule has 1 amide bonds. The molecule has 7 nitrogen and oxygen atoms in total. The van der Waals surface area contributed by atoms with Gasteiger partial charge in [-0.15, -0.1) is 0 Å². The first-order valence-electron chi connectivity index (χ1n) is 10.7. The quantitative estimate of drug-likeness (QED) is 0.757. The van der Waals surface area contributed by atoms with Gasteiger partial charge in [-0.2, -0.15) is 0 Å². The number of phenolic OH excluding ortho intramolecular Hbond substituents is 1. The zero-order chi connectivity index (χ0) is 20.3. The first-order chi connectivity index (χ1) is 14.1. The maximum Gasteiger partial charge on any atom is 0.249 e. The standard InChI is InChI=1S/C22H32N2O5/c1-27-17-4-5-19(25)16(13-17)15-24-10-8-22(9-11-24)7-6-18(29-22)14-23-21(26)20-3-2-12-28-20/h4-5,13,18,20,25H,2-3,6-12,14-15H2,1H3,(H,23,26). The monoisotopic (exact) mass is 404 g/mol. The van der Waals surface area contributed by atoms with E-state index in [1.165, 1.54) is 0 Å². The predicted octanol–water partition coefficient (Wildman–Crippen LogP) is 2.21. The van der Waals surface area contributed by atoms with Crippen molar-refractivity contribution in [1.29, 1.82) is 0 Å². The van der Waals surface area contributed by atoms with Crippen LogP contribution >= 0.6 is 0 Å². The smallest absolute Gasteiger partial charge is 0.249 e. The summed E-state index contributed by atoms with van der Waals surface area (Å²) in [5.41, 5.74) is 0.828. The molecule has 3 aliphatic rings. The molecule has 3 heterocycles. The lowest BCUT2D eigenvalue weighted by molar-refractivity contribution is -0.131. The number of nitrogens with one attached hydrogen (secondary N) is 1. The average molecular weight is 405 g/mol. The molecule has 2 unspecified atom stereocenters. The molecule has 0 aliphatic carbocycles. The van der Waals surface area contributed by atoms with Crippen LogP contribution in [0.1, 0.15) is 44.1 Å². The van der Waals surface area contributed by atoms with Crippen LogP contribution < -0.4 is 10.1 Å². The molecule has 0 aromatic heterocycles. The molecule has 7 heteroatoms. The number of benzene rings is 1. The first kappa shape index (κ1) is 20.4. The number of rotatable bonds is 6. The minimum atomic E-state index is -0.276. The molecule has 4 rings (SSSR count). The molecule has 3 fully saturated rings. The van der Waals surface area contributed by atoms with Crippen molar-refractivity contribution in [3.05, 3.63) is 23.8 Å². The lowest BCUT2D eigenvalue weighted by atomic mass is 9.88. The van der Waals surface area contributed by atoms with Gasteiger partial charge in [-0.05, 0) is 56.7 Å². The normalized spacial score (nSPS) is 26.7. The zero-order valence-corrected chi connectivity index (χ0v) is 17.2. The highest BCUT2D eigenvalue weighted by Gasteiger charge is 2.42. The van der Waals surface area contributed by atoms with Crippen molar-refractivity contribution >= 4 is 5.91 Å². The maximum atomic E-state index is 12.1. The van der Waals surface area contributed by atoms with Crippen LogP contribution in [-0.2, 0) is 20.8 Å². The van der Waals surface area contributed by atoms with Crippen LogP contribution in [0.5, 0.6) is 11.5 Å². The number of nitrogens with zero attached hydrogens (tertiary/aromatic N) is 1. The van der Waals surface area contributed by atoms with Crippen molar-refractivity contribution in [2.24, 2.45) is 0 Å². The van der Waals surface area contributed by atoms with Gasteiger partial charge in [0.15, 0.2) is 0 Å². The molecule has 1 aromatic carbocycles. The number of carbonyl (C=O) groups is 1. The Morgan fingerprint density at radius 3 is 2.86 bits per heavy atom. The fourth-order valence-corrected chi connectivity index (χ4v) is 4.69. The lowest BCUT2D eigenvalue weighted by Gasteiger charge is -2.39. The lowest BCUT2D eigenvalue weighted by Crippen LogP contribution is -2.45. The van der Waals surface area contributed by atoms with E-state index >= 15 is 0 Å². The molecule has 3 aliphatic heterocycles. The highest BCUT2D eigenvalue weighted by molar-refractivity contribution is 5.80. The maximum absolute atomic E-state index is 12.1. The van der Waals surface area contributed by atoms with Crippen LogP contribution in [0, 0.1) is 0 Å². The summed E-state index contributed by atoms with van der Waals surface area (Å²) in [4.78, 5) is 14.5. The molecule has 160 valence electrons. The van der Waals surface area contributed by atoms with Crippen molar-refractivity contribution in [3.8, 4) is 11.5 Å². The summed E-state index contributed by atoms with van der Waals surface area (Å²) in [5.74, 6) is 1.07. The number of amides is 1. The number of likely N-dealkylation sites (tertiary alicyclic amines) is 1. The van der Waals surface area contributed by atoms with Crippen molar-refractivity contribution in [2.45, 2.75) is 62.9 Å². The molecule has 3 saturated heterocycles. The van der Waals surface area contributed by atoms with Crippen molar-refractivity contribution in [2.75, 3.05) is 33.4 Å². The van der Waals surface area contributed by atoms with Crippen molar-refractivity contribution < 1.29 is 24.1 Å². The molecular formula is C22H32N2O5. The molecule has 1 aromatic rings. The second kappa shape index (κ2) is 8.90. The Labute approximate surface area is 172 Å². The molecule has 2 atom stereocenters. The largest absolute Gasteiger partial charge is 0.508 e. The van der Waals surface area contributed by atoms with Gasteiger partial charge in [0.25, 0.3) is 0 Å². The molecule has 0 saturated carbocycles. The molecular weight excluding hydrogens is 372 g/mol. The summed E-state index contributed by atoms with van der Waals surface area (Å²) in [6.45, 7) is 3.84. The van der Waals surface area contributed by atoms with E-state index in [0.29, 0.717) is 25.4 Å². The van der Waals surface area contributed by atoms with Crippen LogP contribution in [0.2, 0.25) is 0 Å². The van der Waals surface area contributed by atoms with Gasteiger partial charge in [0.05, 0.1) is 18.8 Å². The topological polar surface area (TPSA) is 80.3 Å². The van der Waals surface area contributed by atoms with E-state index in [1.807, 2.05) is 6.07 Å². The van der Waals surface area contributed by atoms with Gasteiger partial charge in [-0.1, -0.05) is 0 Å². The third-order valence-corrected chi connectivity index (χ3v) is 6.51. The fourth-order valence-electron chi connectivity index (χ4n) is 4.69. The number of hydrogen-bond acceptors (Lipinski definition) is 6. The zero-order valence-electron chi connectivity index (χ0n) is 17.2.